The molecular formula is C15H24N2O. The van der Waals surface area contributed by atoms with E-state index in [1.54, 1.807) is 0 Å². The molecule has 1 N–H and O–H groups in total. The Morgan fingerprint density at radius 1 is 1.28 bits per heavy atom. The Morgan fingerprint density at radius 3 is 2.72 bits per heavy atom. The van der Waals surface area contributed by atoms with Gasteiger partial charge >= 0.3 is 0 Å². The highest BCUT2D eigenvalue weighted by Crippen LogP contribution is 2.21. The highest BCUT2D eigenvalue weighted by molar-refractivity contribution is 5.49. The van der Waals surface area contributed by atoms with Crippen LogP contribution in [-0.2, 0) is 11.3 Å². The van der Waals surface area contributed by atoms with Crippen molar-refractivity contribution in [2.75, 3.05) is 31.2 Å². The van der Waals surface area contributed by atoms with Gasteiger partial charge in [-0.2, -0.15) is 0 Å². The molecule has 0 radical (unpaired) electrons. The van der Waals surface area contributed by atoms with Crippen LogP contribution in [0.15, 0.2) is 24.3 Å². The van der Waals surface area contributed by atoms with Crippen LogP contribution in [0.3, 0.4) is 0 Å². The molecule has 0 aromatic heterocycles. The molecule has 1 atom stereocenters. The number of ether oxygens (including phenoxy) is 1. The molecule has 100 valence electrons. The van der Waals surface area contributed by atoms with Gasteiger partial charge in [0.2, 0.25) is 0 Å². The predicted octanol–water partition coefficient (Wildman–Crippen LogP) is 2.41. The van der Waals surface area contributed by atoms with Gasteiger partial charge in [0.1, 0.15) is 0 Å². The quantitative estimate of drug-likeness (QED) is 0.866. The molecule has 0 bridgehead atoms. The monoisotopic (exact) mass is 248 g/mol. The van der Waals surface area contributed by atoms with Gasteiger partial charge in [-0.05, 0) is 30.7 Å². The maximum absolute atomic E-state index is 5.55. The normalized spacial score (nSPS) is 20.1. The Morgan fingerprint density at radius 2 is 2.06 bits per heavy atom. The molecule has 1 fully saturated rings. The molecule has 1 aliphatic heterocycles. The maximum Gasteiger partial charge on any atom is 0.0670 e. The van der Waals surface area contributed by atoms with E-state index in [0.29, 0.717) is 6.04 Å². The molecule has 18 heavy (non-hydrogen) atoms. The number of hydrogen-bond donors (Lipinski definition) is 1. The summed E-state index contributed by atoms with van der Waals surface area (Å²) in [5, 5.41) is 3.35. The van der Waals surface area contributed by atoms with E-state index in [-0.39, 0.29) is 0 Å². The lowest BCUT2D eigenvalue weighted by molar-refractivity contribution is 0.0930. The van der Waals surface area contributed by atoms with Crippen molar-refractivity contribution in [1.82, 2.24) is 5.32 Å². The zero-order valence-corrected chi connectivity index (χ0v) is 11.5. The summed E-state index contributed by atoms with van der Waals surface area (Å²) in [6, 6.07) is 9.44. The molecule has 1 aliphatic rings. The highest BCUT2D eigenvalue weighted by atomic mass is 16.5. The van der Waals surface area contributed by atoms with E-state index in [4.69, 9.17) is 4.74 Å². The van der Waals surface area contributed by atoms with Gasteiger partial charge in [0, 0.05) is 18.8 Å². The number of benzene rings is 1. The van der Waals surface area contributed by atoms with Crippen molar-refractivity contribution >= 4 is 5.69 Å². The van der Waals surface area contributed by atoms with Gasteiger partial charge in [-0.25, -0.2) is 0 Å². The van der Waals surface area contributed by atoms with Gasteiger partial charge in [-0.3, -0.25) is 0 Å². The molecule has 1 unspecified atom stereocenters. The summed E-state index contributed by atoms with van der Waals surface area (Å²) in [6.07, 6.45) is 1.14. The zero-order chi connectivity index (χ0) is 12.8. The Kier molecular flexibility index (Phi) is 5.02. The molecule has 1 aromatic rings. The summed E-state index contributed by atoms with van der Waals surface area (Å²) < 4.78 is 5.55. The van der Waals surface area contributed by atoms with E-state index >= 15 is 0 Å². The Labute approximate surface area is 110 Å². The first-order valence-corrected chi connectivity index (χ1v) is 6.99. The van der Waals surface area contributed by atoms with Crippen LogP contribution in [0, 0.1) is 0 Å². The molecule has 0 aliphatic carbocycles. The van der Waals surface area contributed by atoms with Crippen LogP contribution in [0.5, 0.6) is 0 Å². The lowest BCUT2D eigenvalue weighted by atomic mass is 10.1. The third-order valence-electron chi connectivity index (χ3n) is 3.55. The average Bonchev–Trinajstić information content (AvgIpc) is 2.45. The number of nitrogens with one attached hydrogen (secondary N) is 1. The fraction of sp³-hybridized carbons (Fsp3) is 0.600. The first kappa shape index (κ1) is 13.4. The van der Waals surface area contributed by atoms with Crippen molar-refractivity contribution in [3.63, 3.8) is 0 Å². The van der Waals surface area contributed by atoms with Crippen LogP contribution in [0.4, 0.5) is 5.69 Å². The second-order valence-electron chi connectivity index (χ2n) is 4.78. The molecule has 0 spiro atoms. The van der Waals surface area contributed by atoms with Gasteiger partial charge in [0.15, 0.2) is 0 Å². The molecule has 2 rings (SSSR count). The molecule has 1 heterocycles. The summed E-state index contributed by atoms with van der Waals surface area (Å²) in [5.41, 5.74) is 2.67. The van der Waals surface area contributed by atoms with Crippen molar-refractivity contribution in [3.05, 3.63) is 29.8 Å². The third-order valence-corrected chi connectivity index (χ3v) is 3.55. The van der Waals surface area contributed by atoms with Gasteiger partial charge in [0.25, 0.3) is 0 Å². The lowest BCUT2D eigenvalue weighted by Crippen LogP contribution is -2.45. The van der Waals surface area contributed by atoms with Crippen molar-refractivity contribution in [2.45, 2.75) is 32.9 Å². The number of nitrogens with zero attached hydrogens (tertiary/aromatic N) is 1. The van der Waals surface area contributed by atoms with Crippen LogP contribution >= 0.6 is 0 Å². The Balaban J connectivity index is 2.03. The van der Waals surface area contributed by atoms with Crippen LogP contribution in [0.2, 0.25) is 0 Å². The van der Waals surface area contributed by atoms with Gasteiger partial charge in [0.05, 0.1) is 19.3 Å². The zero-order valence-electron chi connectivity index (χ0n) is 11.5. The van der Waals surface area contributed by atoms with E-state index in [0.717, 1.165) is 39.3 Å². The molecular weight excluding hydrogens is 224 g/mol. The first-order chi connectivity index (χ1) is 8.85. The van der Waals surface area contributed by atoms with Crippen molar-refractivity contribution in [2.24, 2.45) is 0 Å². The van der Waals surface area contributed by atoms with Gasteiger partial charge in [-0.1, -0.05) is 26.0 Å². The summed E-state index contributed by atoms with van der Waals surface area (Å²) in [5.74, 6) is 0. The molecule has 3 nitrogen and oxygen atoms in total. The smallest absolute Gasteiger partial charge is 0.0670 e. The molecule has 0 saturated carbocycles. The van der Waals surface area contributed by atoms with E-state index in [1.165, 1.54) is 11.3 Å². The second-order valence-corrected chi connectivity index (χ2v) is 4.78. The fourth-order valence-corrected chi connectivity index (χ4v) is 2.41. The minimum atomic E-state index is 0.526. The fourth-order valence-electron chi connectivity index (χ4n) is 2.41. The minimum Gasteiger partial charge on any atom is -0.377 e. The minimum absolute atomic E-state index is 0.526. The van der Waals surface area contributed by atoms with Crippen molar-refractivity contribution < 1.29 is 4.74 Å². The van der Waals surface area contributed by atoms with Crippen LogP contribution in [0.1, 0.15) is 25.8 Å². The molecule has 1 saturated heterocycles. The van der Waals surface area contributed by atoms with Crippen LogP contribution < -0.4 is 10.2 Å². The summed E-state index contributed by atoms with van der Waals surface area (Å²) in [4.78, 5) is 2.47. The molecule has 1 aromatic carbocycles. The largest absolute Gasteiger partial charge is 0.377 e. The highest BCUT2D eigenvalue weighted by Gasteiger charge is 2.21. The lowest BCUT2D eigenvalue weighted by Gasteiger charge is -2.37. The van der Waals surface area contributed by atoms with Crippen LogP contribution in [0.25, 0.3) is 0 Å². The van der Waals surface area contributed by atoms with E-state index in [2.05, 4.69) is 48.3 Å². The summed E-state index contributed by atoms with van der Waals surface area (Å²) in [7, 11) is 0. The average molecular weight is 248 g/mol. The maximum atomic E-state index is 5.55. The number of hydrogen-bond acceptors (Lipinski definition) is 3. The van der Waals surface area contributed by atoms with Gasteiger partial charge in [-0.15, -0.1) is 0 Å². The number of morpholine rings is 1. The number of rotatable bonds is 5. The second kappa shape index (κ2) is 6.76. The first-order valence-electron chi connectivity index (χ1n) is 6.99. The van der Waals surface area contributed by atoms with Crippen molar-refractivity contribution in [1.29, 1.82) is 0 Å². The Hall–Kier alpha value is -1.06. The topological polar surface area (TPSA) is 24.5 Å². The third kappa shape index (κ3) is 3.24. The summed E-state index contributed by atoms with van der Waals surface area (Å²) in [6.45, 7) is 9.04. The van der Waals surface area contributed by atoms with E-state index in [1.807, 2.05) is 0 Å². The number of anilines is 1. The predicted molar refractivity (Wildman–Crippen MR) is 76.1 cm³/mol. The molecule has 3 heteroatoms. The standard InChI is InChI=1S/C15H24N2O/c1-3-14-12-18-10-9-17(14)15-7-5-13(6-8-15)11-16-4-2/h5-8,14,16H,3-4,9-12H2,1-2H3. The SMILES string of the molecule is CCNCc1ccc(N2CCOCC2CC)cc1. The Bertz CT molecular complexity index is 350. The van der Waals surface area contributed by atoms with Crippen LogP contribution in [-0.4, -0.2) is 32.3 Å². The van der Waals surface area contributed by atoms with Crippen molar-refractivity contribution in [3.8, 4) is 0 Å². The van der Waals surface area contributed by atoms with E-state index < -0.39 is 0 Å². The van der Waals surface area contributed by atoms with E-state index in [9.17, 15) is 0 Å². The van der Waals surface area contributed by atoms with Gasteiger partial charge < -0.3 is 15.0 Å². The molecule has 0 amide bonds. The summed E-state index contributed by atoms with van der Waals surface area (Å²) >= 11 is 0.